The summed E-state index contributed by atoms with van der Waals surface area (Å²) in [5.74, 6) is 6.00. The Bertz CT molecular complexity index is 581. The fourth-order valence-corrected chi connectivity index (χ4v) is 3.19. The van der Waals surface area contributed by atoms with Crippen LogP contribution in [0.2, 0.25) is 0 Å². The molecular weight excluding hydrogens is 267 g/mol. The van der Waals surface area contributed by atoms with Gasteiger partial charge in [-0.25, -0.2) is 4.39 Å². The molecule has 0 saturated heterocycles. The first kappa shape index (κ1) is 13.2. The van der Waals surface area contributed by atoms with Gasteiger partial charge in [0.15, 0.2) is 0 Å². The molecule has 0 radical (unpaired) electrons. The largest absolute Gasteiger partial charge is 0.384 e. The van der Waals surface area contributed by atoms with Gasteiger partial charge in [-0.1, -0.05) is 24.0 Å². The third-order valence-corrected chi connectivity index (χ3v) is 4.39. The van der Waals surface area contributed by atoms with Crippen molar-refractivity contribution in [2.24, 2.45) is 0 Å². The van der Waals surface area contributed by atoms with Gasteiger partial charge in [0, 0.05) is 26.5 Å². The van der Waals surface area contributed by atoms with Crippen LogP contribution in [0.25, 0.3) is 0 Å². The minimum Gasteiger partial charge on any atom is -0.384 e. The van der Waals surface area contributed by atoms with E-state index in [0.717, 1.165) is 16.2 Å². The van der Waals surface area contributed by atoms with Crippen molar-refractivity contribution in [1.82, 2.24) is 0 Å². The van der Waals surface area contributed by atoms with Gasteiger partial charge in [-0.3, -0.25) is 0 Å². The van der Waals surface area contributed by atoms with Gasteiger partial charge < -0.3 is 5.11 Å². The van der Waals surface area contributed by atoms with Crippen LogP contribution in [0.4, 0.5) is 4.39 Å². The zero-order valence-corrected chi connectivity index (χ0v) is 11.2. The standard InChI is InChI=1S/C14H11FOS2/c15-13-5-1-2-6-14(13)18-10-12-8-11(9-17-12)4-3-7-16/h1-2,5-6,8-9,16H,7,10H2. The van der Waals surface area contributed by atoms with Crippen molar-refractivity contribution in [3.63, 3.8) is 0 Å². The smallest absolute Gasteiger partial charge is 0.136 e. The average molecular weight is 278 g/mol. The summed E-state index contributed by atoms with van der Waals surface area (Å²) < 4.78 is 13.4. The predicted molar refractivity (Wildman–Crippen MR) is 74.2 cm³/mol. The third-order valence-electron chi connectivity index (χ3n) is 2.17. The van der Waals surface area contributed by atoms with Gasteiger partial charge in [0.25, 0.3) is 0 Å². The molecule has 2 rings (SSSR count). The highest BCUT2D eigenvalue weighted by atomic mass is 32.2. The molecule has 18 heavy (non-hydrogen) atoms. The Morgan fingerprint density at radius 3 is 2.94 bits per heavy atom. The van der Waals surface area contributed by atoms with Crippen LogP contribution < -0.4 is 0 Å². The first-order valence-electron chi connectivity index (χ1n) is 5.34. The van der Waals surface area contributed by atoms with Gasteiger partial charge in [0.2, 0.25) is 0 Å². The van der Waals surface area contributed by atoms with Crippen molar-refractivity contribution in [2.75, 3.05) is 6.61 Å². The number of thiophene rings is 1. The van der Waals surface area contributed by atoms with Gasteiger partial charge in [-0.2, -0.15) is 0 Å². The molecule has 4 heteroatoms. The summed E-state index contributed by atoms with van der Waals surface area (Å²) in [5.41, 5.74) is 0.901. The molecule has 0 saturated carbocycles. The quantitative estimate of drug-likeness (QED) is 0.684. The number of thioether (sulfide) groups is 1. The normalized spacial score (nSPS) is 9.89. The van der Waals surface area contributed by atoms with Gasteiger partial charge in [-0.05, 0) is 18.2 Å². The Labute approximate surface area is 114 Å². The highest BCUT2D eigenvalue weighted by molar-refractivity contribution is 7.98. The highest BCUT2D eigenvalue weighted by Gasteiger charge is 2.03. The van der Waals surface area contributed by atoms with Crippen molar-refractivity contribution in [2.45, 2.75) is 10.6 Å². The Kier molecular flexibility index (Phi) is 4.82. The zero-order chi connectivity index (χ0) is 12.8. The molecule has 0 fully saturated rings. The number of rotatable bonds is 3. The lowest BCUT2D eigenvalue weighted by molar-refractivity contribution is 0.350. The van der Waals surface area contributed by atoms with Crippen LogP contribution >= 0.6 is 23.1 Å². The van der Waals surface area contributed by atoms with E-state index in [1.165, 1.54) is 17.8 Å². The summed E-state index contributed by atoms with van der Waals surface area (Å²) in [5, 5.41) is 10.5. The minimum absolute atomic E-state index is 0.130. The first-order valence-corrected chi connectivity index (χ1v) is 7.20. The molecule has 1 heterocycles. The second-order valence-corrected chi connectivity index (χ2v) is 5.49. The van der Waals surface area contributed by atoms with Crippen LogP contribution in [0.5, 0.6) is 0 Å². The maximum Gasteiger partial charge on any atom is 0.136 e. The highest BCUT2D eigenvalue weighted by Crippen LogP contribution is 2.27. The Morgan fingerprint density at radius 2 is 2.17 bits per heavy atom. The second-order valence-electron chi connectivity index (χ2n) is 3.48. The van der Waals surface area contributed by atoms with Crippen molar-refractivity contribution in [3.8, 4) is 11.8 Å². The fourth-order valence-electron chi connectivity index (χ4n) is 1.37. The summed E-state index contributed by atoms with van der Waals surface area (Å²) in [6.45, 7) is -0.130. The lowest BCUT2D eigenvalue weighted by Gasteiger charge is -2.00. The van der Waals surface area contributed by atoms with E-state index in [1.807, 2.05) is 17.5 Å². The van der Waals surface area contributed by atoms with Crippen molar-refractivity contribution in [3.05, 3.63) is 52.0 Å². The molecule has 0 aliphatic heterocycles. The van der Waals surface area contributed by atoms with Crippen LogP contribution in [-0.2, 0) is 5.75 Å². The fraction of sp³-hybridized carbons (Fsp3) is 0.143. The molecule has 1 N–H and O–H groups in total. The number of hydrogen-bond donors (Lipinski definition) is 1. The number of halogens is 1. The summed E-state index contributed by atoms with van der Waals surface area (Å²) in [6, 6.07) is 8.74. The van der Waals surface area contributed by atoms with Gasteiger partial charge in [0.05, 0.1) is 0 Å². The molecule has 0 amide bonds. The zero-order valence-electron chi connectivity index (χ0n) is 9.52. The van der Waals surface area contributed by atoms with Crippen molar-refractivity contribution < 1.29 is 9.50 Å². The number of benzene rings is 1. The molecule has 0 atom stereocenters. The van der Waals surface area contributed by atoms with E-state index < -0.39 is 0 Å². The van der Waals surface area contributed by atoms with Crippen molar-refractivity contribution >= 4 is 23.1 Å². The Morgan fingerprint density at radius 1 is 1.33 bits per heavy atom. The SMILES string of the molecule is OCC#Cc1csc(CSc2ccccc2F)c1. The van der Waals surface area contributed by atoms with Gasteiger partial charge in [-0.15, -0.1) is 23.1 Å². The molecule has 1 aromatic heterocycles. The maximum absolute atomic E-state index is 13.4. The predicted octanol–water partition coefficient (Wildman–Crippen LogP) is 3.52. The second kappa shape index (κ2) is 6.60. The van der Waals surface area contributed by atoms with E-state index in [-0.39, 0.29) is 12.4 Å². The van der Waals surface area contributed by atoms with Crippen LogP contribution in [0.1, 0.15) is 10.4 Å². The van der Waals surface area contributed by atoms with Crippen LogP contribution in [-0.4, -0.2) is 11.7 Å². The van der Waals surface area contributed by atoms with E-state index in [2.05, 4.69) is 11.8 Å². The molecule has 1 nitrogen and oxygen atoms in total. The van der Waals surface area contributed by atoms with E-state index in [9.17, 15) is 4.39 Å². The van der Waals surface area contributed by atoms with E-state index in [1.54, 1.807) is 23.5 Å². The summed E-state index contributed by atoms with van der Waals surface area (Å²) >= 11 is 3.07. The average Bonchev–Trinajstić information content (AvgIpc) is 2.83. The van der Waals surface area contributed by atoms with E-state index in [4.69, 9.17) is 5.11 Å². The lowest BCUT2D eigenvalue weighted by atomic mass is 10.3. The summed E-state index contributed by atoms with van der Waals surface area (Å²) in [6.07, 6.45) is 0. The monoisotopic (exact) mass is 278 g/mol. The molecule has 1 aromatic carbocycles. The van der Waals surface area contributed by atoms with Crippen LogP contribution in [0, 0.1) is 17.7 Å². The topological polar surface area (TPSA) is 20.2 Å². The van der Waals surface area contributed by atoms with E-state index in [0.29, 0.717) is 4.90 Å². The number of hydrogen-bond acceptors (Lipinski definition) is 3. The lowest BCUT2D eigenvalue weighted by Crippen LogP contribution is -1.80. The number of aliphatic hydroxyl groups is 1. The van der Waals surface area contributed by atoms with Crippen LogP contribution in [0.3, 0.4) is 0 Å². The van der Waals surface area contributed by atoms with Crippen molar-refractivity contribution in [1.29, 1.82) is 0 Å². The van der Waals surface area contributed by atoms with Gasteiger partial charge in [0.1, 0.15) is 12.4 Å². The summed E-state index contributed by atoms with van der Waals surface area (Å²) in [7, 11) is 0. The van der Waals surface area contributed by atoms with E-state index >= 15 is 0 Å². The third kappa shape index (κ3) is 3.61. The molecular formula is C14H11FOS2. The molecule has 0 bridgehead atoms. The molecule has 0 spiro atoms. The molecule has 0 unspecified atom stereocenters. The summed E-state index contributed by atoms with van der Waals surface area (Å²) in [4.78, 5) is 1.80. The maximum atomic E-state index is 13.4. The molecule has 2 aromatic rings. The Balaban J connectivity index is 1.98. The molecule has 0 aliphatic carbocycles. The van der Waals surface area contributed by atoms with Crippen LogP contribution in [0.15, 0.2) is 40.6 Å². The first-order chi connectivity index (χ1) is 8.79. The Hall–Kier alpha value is -1.28. The van der Waals surface area contributed by atoms with Gasteiger partial charge >= 0.3 is 0 Å². The minimum atomic E-state index is -0.181. The molecule has 92 valence electrons. The number of aliphatic hydroxyl groups excluding tert-OH is 1. The molecule has 0 aliphatic rings.